The van der Waals surface area contributed by atoms with Gasteiger partial charge in [0.25, 0.3) is 5.91 Å². The maximum atomic E-state index is 11.5. The molecule has 6 nitrogen and oxygen atoms in total. The van der Waals surface area contributed by atoms with Gasteiger partial charge in [-0.25, -0.2) is 9.78 Å². The van der Waals surface area contributed by atoms with Gasteiger partial charge in [-0.05, 0) is 30.7 Å². The summed E-state index contributed by atoms with van der Waals surface area (Å²) in [6, 6.07) is 7.08. The van der Waals surface area contributed by atoms with Gasteiger partial charge in [0.1, 0.15) is 15.6 Å². The minimum Gasteiger partial charge on any atom is -0.479 e. The molecule has 0 aliphatic carbocycles. The van der Waals surface area contributed by atoms with Crippen LogP contribution in [0.15, 0.2) is 30.5 Å². The summed E-state index contributed by atoms with van der Waals surface area (Å²) in [5.74, 6) is -0.706. The van der Waals surface area contributed by atoms with E-state index < -0.39 is 12.1 Å². The van der Waals surface area contributed by atoms with Gasteiger partial charge in [0.05, 0.1) is 6.20 Å². The third kappa shape index (κ3) is 4.65. The number of carboxylic acids is 1. The Kier molecular flexibility index (Phi) is 5.48. The lowest BCUT2D eigenvalue weighted by molar-refractivity contribution is -0.144. The van der Waals surface area contributed by atoms with E-state index in [1.165, 1.54) is 24.5 Å². The Morgan fingerprint density at radius 3 is 2.87 bits per heavy atom. The van der Waals surface area contributed by atoms with Gasteiger partial charge < -0.3 is 15.2 Å². The molecule has 1 aromatic heterocycles. The van der Waals surface area contributed by atoms with Gasteiger partial charge >= 0.3 is 5.97 Å². The van der Waals surface area contributed by atoms with Crippen LogP contribution in [0.25, 0.3) is 12.2 Å². The Bertz CT molecular complexity index is 739. The normalized spacial score (nSPS) is 12.1. The van der Waals surface area contributed by atoms with Crippen LogP contribution in [-0.2, 0) is 4.79 Å². The topological polar surface area (TPSA) is 88.5 Å². The predicted molar refractivity (Wildman–Crippen MR) is 88.6 cm³/mol. The van der Waals surface area contributed by atoms with E-state index in [2.05, 4.69) is 10.3 Å². The quantitative estimate of drug-likeness (QED) is 0.848. The van der Waals surface area contributed by atoms with Crippen molar-refractivity contribution >= 4 is 35.4 Å². The van der Waals surface area contributed by atoms with Crippen LogP contribution in [0.4, 0.5) is 0 Å². The fraction of sp³-hybridized carbons (Fsp3) is 0.188. The van der Waals surface area contributed by atoms with Crippen molar-refractivity contribution in [1.29, 1.82) is 0 Å². The zero-order chi connectivity index (χ0) is 16.8. The van der Waals surface area contributed by atoms with Gasteiger partial charge in [-0.3, -0.25) is 4.79 Å². The summed E-state index contributed by atoms with van der Waals surface area (Å²) in [6.07, 6.45) is 4.22. The number of amides is 1. The molecule has 0 saturated carbocycles. The summed E-state index contributed by atoms with van der Waals surface area (Å²) in [4.78, 5) is 27.0. The molecule has 0 bridgehead atoms. The van der Waals surface area contributed by atoms with Crippen LogP contribution in [0.5, 0.6) is 5.75 Å². The maximum absolute atomic E-state index is 11.5. The van der Waals surface area contributed by atoms with Gasteiger partial charge in [-0.2, -0.15) is 0 Å². The fourth-order valence-corrected chi connectivity index (χ4v) is 2.47. The van der Waals surface area contributed by atoms with E-state index in [1.54, 1.807) is 31.3 Å². The largest absolute Gasteiger partial charge is 0.479 e. The second-order valence-electron chi connectivity index (χ2n) is 4.65. The molecule has 23 heavy (non-hydrogen) atoms. The number of hydrogen-bond donors (Lipinski definition) is 2. The van der Waals surface area contributed by atoms with E-state index in [4.69, 9.17) is 9.84 Å². The number of nitrogens with zero attached hydrogens (tertiary/aromatic N) is 1. The number of nitrogens with one attached hydrogen (secondary N) is 1. The number of hydrogen-bond acceptors (Lipinski definition) is 5. The summed E-state index contributed by atoms with van der Waals surface area (Å²) < 4.78 is 5.32. The van der Waals surface area contributed by atoms with Crippen LogP contribution in [0.2, 0.25) is 0 Å². The maximum Gasteiger partial charge on any atom is 0.344 e. The molecule has 0 fully saturated rings. The standard InChI is InChI=1S/C16H16N2O4S/c1-10(16(20)21)22-12-5-3-4-11(8-12)6-7-14-18-9-13(23-14)15(19)17-2/h3-10H,1-2H3,(H,17,19)(H,20,21)/b7-6+. The van der Waals surface area contributed by atoms with Gasteiger partial charge in [0.2, 0.25) is 0 Å². The molecule has 1 heterocycles. The van der Waals surface area contributed by atoms with E-state index >= 15 is 0 Å². The molecule has 2 N–H and O–H groups in total. The number of carbonyl (C=O) groups is 2. The van der Waals surface area contributed by atoms with Crippen LogP contribution in [0.1, 0.15) is 27.2 Å². The molecule has 0 radical (unpaired) electrons. The zero-order valence-electron chi connectivity index (χ0n) is 12.6. The predicted octanol–water partition coefficient (Wildman–Crippen LogP) is 2.53. The van der Waals surface area contributed by atoms with Crippen molar-refractivity contribution in [3.63, 3.8) is 0 Å². The van der Waals surface area contributed by atoms with Crippen LogP contribution in [0.3, 0.4) is 0 Å². The molecular weight excluding hydrogens is 316 g/mol. The van der Waals surface area contributed by atoms with Crippen LogP contribution < -0.4 is 10.1 Å². The first-order valence-electron chi connectivity index (χ1n) is 6.85. The van der Waals surface area contributed by atoms with Gasteiger partial charge in [-0.15, -0.1) is 11.3 Å². The molecule has 0 spiro atoms. The summed E-state index contributed by atoms with van der Waals surface area (Å²) in [7, 11) is 1.57. The first-order valence-corrected chi connectivity index (χ1v) is 7.66. The third-order valence-corrected chi connectivity index (χ3v) is 3.87. The second kappa shape index (κ2) is 7.55. The van der Waals surface area contributed by atoms with E-state index in [0.717, 1.165) is 5.56 Å². The SMILES string of the molecule is CNC(=O)c1cnc(/C=C/c2cccc(OC(C)C(=O)O)c2)s1. The minimum absolute atomic E-state index is 0.166. The molecule has 1 amide bonds. The Balaban J connectivity index is 2.09. The molecule has 1 aromatic carbocycles. The highest BCUT2D eigenvalue weighted by atomic mass is 32.1. The van der Waals surface area contributed by atoms with Crippen molar-refractivity contribution in [2.45, 2.75) is 13.0 Å². The number of carboxylic acid groups (broad SMARTS) is 1. The first kappa shape index (κ1) is 16.7. The molecule has 2 aromatic rings. The smallest absolute Gasteiger partial charge is 0.344 e. The van der Waals surface area contributed by atoms with Crippen molar-refractivity contribution in [3.8, 4) is 5.75 Å². The Labute approximate surface area is 137 Å². The number of ether oxygens (including phenoxy) is 1. The number of thiazole rings is 1. The molecule has 120 valence electrons. The van der Waals surface area contributed by atoms with E-state index in [9.17, 15) is 9.59 Å². The summed E-state index contributed by atoms with van der Waals surface area (Å²) >= 11 is 1.28. The van der Waals surface area contributed by atoms with E-state index in [0.29, 0.717) is 15.6 Å². The molecule has 2 rings (SSSR count). The summed E-state index contributed by atoms with van der Waals surface area (Å²) in [6.45, 7) is 1.47. The molecule has 7 heteroatoms. The lowest BCUT2D eigenvalue weighted by Gasteiger charge is -2.10. The first-order chi connectivity index (χ1) is 11.0. The van der Waals surface area contributed by atoms with Gasteiger partial charge in [-0.1, -0.05) is 18.2 Å². The lowest BCUT2D eigenvalue weighted by atomic mass is 10.2. The number of aromatic nitrogens is 1. The Hall–Kier alpha value is -2.67. The highest BCUT2D eigenvalue weighted by molar-refractivity contribution is 7.14. The monoisotopic (exact) mass is 332 g/mol. The van der Waals surface area contributed by atoms with E-state index in [-0.39, 0.29) is 5.91 Å². The lowest BCUT2D eigenvalue weighted by Crippen LogP contribution is -2.22. The number of carbonyl (C=O) groups excluding carboxylic acids is 1. The highest BCUT2D eigenvalue weighted by Crippen LogP contribution is 2.19. The van der Waals surface area contributed by atoms with Crippen LogP contribution >= 0.6 is 11.3 Å². The fourth-order valence-electron chi connectivity index (χ4n) is 1.71. The van der Waals surface area contributed by atoms with Crippen LogP contribution in [0, 0.1) is 0 Å². The minimum atomic E-state index is -1.02. The molecule has 0 saturated heterocycles. The second-order valence-corrected chi connectivity index (χ2v) is 5.71. The Morgan fingerprint density at radius 1 is 1.39 bits per heavy atom. The molecular formula is C16H16N2O4S. The summed E-state index contributed by atoms with van der Waals surface area (Å²) in [5.41, 5.74) is 0.844. The molecule has 1 atom stereocenters. The van der Waals surface area contributed by atoms with Crippen molar-refractivity contribution in [2.75, 3.05) is 7.05 Å². The average molecular weight is 332 g/mol. The van der Waals surface area contributed by atoms with Gasteiger partial charge in [0.15, 0.2) is 6.10 Å². The zero-order valence-corrected chi connectivity index (χ0v) is 13.5. The average Bonchev–Trinajstić information content (AvgIpc) is 3.01. The molecule has 0 aliphatic heterocycles. The number of aliphatic carboxylic acids is 1. The van der Waals surface area contributed by atoms with Crippen molar-refractivity contribution in [3.05, 3.63) is 45.9 Å². The summed E-state index contributed by atoms with van der Waals surface area (Å²) in [5, 5.41) is 12.1. The number of rotatable bonds is 6. The Morgan fingerprint density at radius 2 is 2.17 bits per heavy atom. The van der Waals surface area contributed by atoms with E-state index in [1.807, 2.05) is 12.1 Å². The van der Waals surface area contributed by atoms with Crippen molar-refractivity contribution in [2.24, 2.45) is 0 Å². The molecule has 1 unspecified atom stereocenters. The van der Waals surface area contributed by atoms with Crippen molar-refractivity contribution in [1.82, 2.24) is 10.3 Å². The third-order valence-electron chi connectivity index (χ3n) is 2.91. The van der Waals surface area contributed by atoms with Crippen molar-refractivity contribution < 1.29 is 19.4 Å². The highest BCUT2D eigenvalue weighted by Gasteiger charge is 2.12. The number of benzene rings is 1. The molecule has 0 aliphatic rings. The van der Waals surface area contributed by atoms with Gasteiger partial charge in [0, 0.05) is 7.05 Å². The van der Waals surface area contributed by atoms with Crippen LogP contribution in [-0.4, -0.2) is 35.1 Å².